The molecule has 0 saturated carbocycles. The smallest absolute Gasteiger partial charge is 0.343 e. The molecule has 1 aromatic heterocycles. The number of benzene rings is 3. The zero-order chi connectivity index (χ0) is 33.7. The monoisotopic (exact) mass is 636 g/mol. The van der Waals surface area contributed by atoms with Crippen molar-refractivity contribution < 1.29 is 33.2 Å². The number of amides is 1. The van der Waals surface area contributed by atoms with Crippen LogP contribution in [0.4, 0.5) is 5.69 Å². The largest absolute Gasteiger partial charge is 0.478 e. The van der Waals surface area contributed by atoms with Crippen LogP contribution in [0, 0.1) is 0 Å². The fraction of sp³-hybridized carbons (Fsp3) is 0.270. The molecule has 0 radical (unpaired) electrons. The lowest BCUT2D eigenvalue weighted by Gasteiger charge is -2.19. The van der Waals surface area contributed by atoms with Crippen LogP contribution in [-0.4, -0.2) is 64.8 Å². The summed E-state index contributed by atoms with van der Waals surface area (Å²) in [6.07, 6.45) is 6.13. The van der Waals surface area contributed by atoms with E-state index in [4.69, 9.17) is 9.15 Å². The Labute approximate surface area is 273 Å². The molecule has 2 heterocycles. The highest BCUT2D eigenvalue weighted by atomic mass is 16.5. The van der Waals surface area contributed by atoms with Crippen molar-refractivity contribution in [1.82, 2.24) is 9.89 Å². The maximum Gasteiger partial charge on any atom is 0.343 e. The molecule has 0 atom stereocenters. The number of aryl methyl sites for hydroxylation is 1. The van der Waals surface area contributed by atoms with Crippen molar-refractivity contribution in [2.24, 2.45) is 0 Å². The van der Waals surface area contributed by atoms with Gasteiger partial charge in [0.05, 0.1) is 18.7 Å². The molecule has 10 heteroatoms. The molecule has 10 nitrogen and oxygen atoms in total. The van der Waals surface area contributed by atoms with Crippen LogP contribution >= 0.6 is 0 Å². The summed E-state index contributed by atoms with van der Waals surface area (Å²) in [4.78, 5) is 39.5. The second-order valence-corrected chi connectivity index (χ2v) is 11.8. The van der Waals surface area contributed by atoms with E-state index < -0.39 is 5.97 Å². The molecule has 242 valence electrons. The van der Waals surface area contributed by atoms with E-state index in [-0.39, 0.29) is 23.0 Å². The number of carboxylic acid groups (broad SMARTS) is 1. The predicted octanol–water partition coefficient (Wildman–Crippen LogP) is 4.68. The summed E-state index contributed by atoms with van der Waals surface area (Å²) < 4.78 is 15.1. The number of unbranched alkanes of at least 4 members (excludes halogenated alkanes) is 2. The summed E-state index contributed by atoms with van der Waals surface area (Å²) in [5.74, 6) is -1.20. The number of hydrogen-bond donors (Lipinski definition) is 2. The highest BCUT2D eigenvalue weighted by Gasteiger charge is 2.23. The molecule has 1 amide bonds. The number of esters is 1. The molecule has 2 aliphatic rings. The number of anilines is 1. The normalized spacial score (nSPS) is 11.0. The molecule has 5 rings (SSSR count). The number of nitrogens with one attached hydrogen (secondary N) is 1. The fourth-order valence-electron chi connectivity index (χ4n) is 5.59. The first-order valence-electron chi connectivity index (χ1n) is 15.5. The number of hydrogen-bond acceptors (Lipinski definition) is 6. The molecule has 0 fully saturated rings. The topological polar surface area (TPSA) is 116 Å². The molecule has 2 aromatic carbocycles. The molecule has 1 aliphatic heterocycles. The van der Waals surface area contributed by atoms with Crippen LogP contribution in [0.5, 0.6) is 0 Å². The van der Waals surface area contributed by atoms with Gasteiger partial charge in [0.2, 0.25) is 5.36 Å². The Morgan fingerprint density at radius 1 is 0.936 bits per heavy atom. The number of ether oxygens (including phenoxy) is 1. The fourth-order valence-corrected chi connectivity index (χ4v) is 5.59. The zero-order valence-corrected chi connectivity index (χ0v) is 27.4. The molecule has 0 saturated heterocycles. The van der Waals surface area contributed by atoms with E-state index in [0.717, 1.165) is 53.4 Å². The minimum atomic E-state index is -1.12. The van der Waals surface area contributed by atoms with Crippen molar-refractivity contribution in [3.05, 3.63) is 101 Å². The highest BCUT2D eigenvalue weighted by Crippen LogP contribution is 2.42. The van der Waals surface area contributed by atoms with Crippen molar-refractivity contribution in [2.75, 3.05) is 46.7 Å². The summed E-state index contributed by atoms with van der Waals surface area (Å²) in [5, 5.41) is 15.0. The second kappa shape index (κ2) is 14.3. The van der Waals surface area contributed by atoms with Gasteiger partial charge in [-0.3, -0.25) is 4.79 Å². The third-order valence-electron chi connectivity index (χ3n) is 8.16. The number of fused-ring (bicyclic) bond motifs is 2. The Morgan fingerprint density at radius 3 is 2.45 bits per heavy atom. The number of pyridine rings is 1. The summed E-state index contributed by atoms with van der Waals surface area (Å²) in [6.45, 7) is 1.18. The highest BCUT2D eigenvalue weighted by molar-refractivity contribution is 6.09. The lowest BCUT2D eigenvalue weighted by molar-refractivity contribution is -0.697. The van der Waals surface area contributed by atoms with Gasteiger partial charge in [-0.15, -0.1) is 0 Å². The maximum atomic E-state index is 13.1. The Morgan fingerprint density at radius 2 is 1.72 bits per heavy atom. The van der Waals surface area contributed by atoms with Crippen LogP contribution in [0.3, 0.4) is 0 Å². The standard InChI is InChI=1S/C37H38N4O6/c1-39(2)26-12-15-29-32(21-26)47-33-22-27(40(3)4)13-16-30(33)34(29)28-14-11-24(20-31(28)36(43)44)35(42)38-17-7-6-8-18-41-19-9-10-25(23-41)37(45)46-5/h9-16,19-23H,6-8,17-18H2,1-5H3/p+2. The summed E-state index contributed by atoms with van der Waals surface area (Å²) in [7, 11) is 9.16. The van der Waals surface area contributed by atoms with Gasteiger partial charge in [-0.2, -0.15) is 0 Å². The number of nitrogens with zero attached hydrogens (tertiary/aromatic N) is 3. The molecule has 2 N–H and O–H groups in total. The first-order valence-corrected chi connectivity index (χ1v) is 15.5. The van der Waals surface area contributed by atoms with Crippen LogP contribution in [0.2, 0.25) is 0 Å². The van der Waals surface area contributed by atoms with Crippen LogP contribution < -0.4 is 24.7 Å². The van der Waals surface area contributed by atoms with E-state index >= 15 is 0 Å². The van der Waals surface area contributed by atoms with Crippen molar-refractivity contribution in [2.45, 2.75) is 25.8 Å². The van der Waals surface area contributed by atoms with Gasteiger partial charge in [0.1, 0.15) is 37.5 Å². The third kappa shape index (κ3) is 7.33. The first-order chi connectivity index (χ1) is 22.6. The predicted molar refractivity (Wildman–Crippen MR) is 181 cm³/mol. The van der Waals surface area contributed by atoms with E-state index in [1.165, 1.54) is 13.2 Å². The number of aromatic nitrogens is 1. The Kier molecular flexibility index (Phi) is 9.99. The van der Waals surface area contributed by atoms with Gasteiger partial charge in [0.15, 0.2) is 12.4 Å². The quantitative estimate of drug-likeness (QED) is 0.0937. The van der Waals surface area contributed by atoms with E-state index in [9.17, 15) is 19.5 Å². The van der Waals surface area contributed by atoms with E-state index in [1.54, 1.807) is 24.4 Å². The van der Waals surface area contributed by atoms with Crippen LogP contribution in [0.25, 0.3) is 33.4 Å². The molecule has 1 aliphatic carbocycles. The van der Waals surface area contributed by atoms with Crippen LogP contribution in [0.1, 0.15) is 50.3 Å². The minimum Gasteiger partial charge on any atom is -0.478 e. The van der Waals surface area contributed by atoms with Gasteiger partial charge in [0.25, 0.3) is 5.91 Å². The lowest BCUT2D eigenvalue weighted by Crippen LogP contribution is -2.34. The zero-order valence-electron chi connectivity index (χ0n) is 27.4. The van der Waals surface area contributed by atoms with Gasteiger partial charge in [0, 0.05) is 73.0 Å². The lowest BCUT2D eigenvalue weighted by atomic mass is 9.89. The second-order valence-electron chi connectivity index (χ2n) is 11.8. The number of aromatic carboxylic acids is 1. The van der Waals surface area contributed by atoms with E-state index in [2.05, 4.69) is 5.32 Å². The van der Waals surface area contributed by atoms with Crippen molar-refractivity contribution in [3.63, 3.8) is 0 Å². The SMILES string of the molecule is COC(=O)c1ccc[n+](CCCCCNC(=O)c2ccc(-c3c4ccc(=[N+](C)C)cc-4oc4cc(N(C)C)ccc34)c(C(=O)O)c2)c1. The summed E-state index contributed by atoms with van der Waals surface area (Å²) >= 11 is 0. The van der Waals surface area contributed by atoms with Crippen molar-refractivity contribution in [3.8, 4) is 22.5 Å². The van der Waals surface area contributed by atoms with Gasteiger partial charge in [-0.05, 0) is 54.8 Å². The van der Waals surface area contributed by atoms with Gasteiger partial charge in [-0.25, -0.2) is 18.7 Å². The molecule has 0 bridgehead atoms. The molecular weight excluding hydrogens is 596 g/mol. The Balaban J connectivity index is 1.36. The summed E-state index contributed by atoms with van der Waals surface area (Å²) in [6, 6.07) is 20.1. The number of carbonyl (C=O) groups is 3. The number of carboxylic acids is 1. The Hall–Kier alpha value is -5.51. The van der Waals surface area contributed by atoms with Gasteiger partial charge < -0.3 is 24.5 Å². The number of methoxy groups -OCH3 is 1. The number of rotatable bonds is 11. The van der Waals surface area contributed by atoms with Crippen LogP contribution in [0.15, 0.2) is 83.5 Å². The van der Waals surface area contributed by atoms with E-state index in [1.807, 2.05) is 90.9 Å². The minimum absolute atomic E-state index is 0.0334. The van der Waals surface area contributed by atoms with Crippen LogP contribution in [-0.2, 0) is 11.3 Å². The molecule has 0 spiro atoms. The molecule has 3 aromatic rings. The molecular formula is C37H40N4O6+2. The van der Waals surface area contributed by atoms with E-state index in [0.29, 0.717) is 29.0 Å². The maximum absolute atomic E-state index is 13.1. The molecule has 47 heavy (non-hydrogen) atoms. The Bertz CT molecular complexity index is 2010. The average molecular weight is 637 g/mol. The van der Waals surface area contributed by atoms with Gasteiger partial charge >= 0.3 is 11.9 Å². The third-order valence-corrected chi connectivity index (χ3v) is 8.16. The first kappa shape index (κ1) is 32.9. The average Bonchev–Trinajstić information content (AvgIpc) is 3.07. The molecule has 0 unspecified atom stereocenters. The van der Waals surface area contributed by atoms with Crippen molar-refractivity contribution in [1.29, 1.82) is 0 Å². The van der Waals surface area contributed by atoms with Crippen molar-refractivity contribution >= 4 is 34.5 Å². The summed E-state index contributed by atoms with van der Waals surface area (Å²) in [5.41, 5.74) is 4.39. The van der Waals surface area contributed by atoms with Gasteiger partial charge in [-0.1, -0.05) is 6.07 Å². The number of carbonyl (C=O) groups excluding carboxylic acids is 2.